The van der Waals surface area contributed by atoms with E-state index < -0.39 is 33.5 Å². The first-order valence-corrected chi connectivity index (χ1v) is 13.9. The van der Waals surface area contributed by atoms with Crippen LogP contribution in [0.5, 0.6) is 0 Å². The third-order valence-electron chi connectivity index (χ3n) is 6.40. The van der Waals surface area contributed by atoms with Gasteiger partial charge in [0.1, 0.15) is 11.7 Å². The molecule has 0 radical (unpaired) electrons. The van der Waals surface area contributed by atoms with Crippen molar-refractivity contribution in [2.45, 2.75) is 44.2 Å². The number of benzene rings is 1. The Morgan fingerprint density at radius 3 is 2.37 bits per heavy atom. The van der Waals surface area contributed by atoms with E-state index in [-0.39, 0.29) is 46.8 Å². The molecule has 0 bridgehead atoms. The lowest BCUT2D eigenvalue weighted by atomic mass is 10.0. The van der Waals surface area contributed by atoms with E-state index >= 15 is 0 Å². The maximum absolute atomic E-state index is 13.1. The molecule has 2 N–H and O–H groups in total. The lowest BCUT2D eigenvalue weighted by Gasteiger charge is -2.28. The van der Waals surface area contributed by atoms with Crippen LogP contribution in [-0.4, -0.2) is 74.0 Å². The van der Waals surface area contributed by atoms with Gasteiger partial charge in [0, 0.05) is 23.9 Å². The number of ether oxygens (including phenoxy) is 2. The van der Waals surface area contributed by atoms with E-state index in [9.17, 15) is 27.6 Å². The third kappa shape index (κ3) is 5.29. The number of thiophene rings is 1. The fourth-order valence-electron chi connectivity index (χ4n) is 4.31. The Morgan fingerprint density at radius 2 is 1.79 bits per heavy atom. The molecule has 2 aromatic rings. The van der Waals surface area contributed by atoms with Crippen LogP contribution < -0.4 is 10.6 Å². The Balaban J connectivity index is 1.60. The molecule has 3 heterocycles. The van der Waals surface area contributed by atoms with Crippen molar-refractivity contribution >= 4 is 50.2 Å². The molecule has 14 heteroatoms. The van der Waals surface area contributed by atoms with E-state index in [0.29, 0.717) is 23.4 Å². The number of nitrogens with one attached hydrogen (secondary N) is 2. The number of sulfonamides is 1. The van der Waals surface area contributed by atoms with Gasteiger partial charge in [-0.15, -0.1) is 11.3 Å². The SMILES string of the molecule is COC(=O)NC(=O)c1c(NC(=O)c2ccc(S(=O)(=O)N3COCC3(C)C)cc2)sc2c1CCN(C(C)=O)C2. The van der Waals surface area contributed by atoms with E-state index in [0.717, 1.165) is 18.4 Å². The van der Waals surface area contributed by atoms with Crippen LogP contribution in [0.2, 0.25) is 0 Å². The smallest absolute Gasteiger partial charge is 0.413 e. The molecule has 12 nitrogen and oxygen atoms in total. The highest BCUT2D eigenvalue weighted by Gasteiger charge is 2.42. The molecule has 0 spiro atoms. The van der Waals surface area contributed by atoms with Gasteiger partial charge in [0.2, 0.25) is 15.9 Å². The van der Waals surface area contributed by atoms with Crippen molar-refractivity contribution in [3.63, 3.8) is 0 Å². The summed E-state index contributed by atoms with van der Waals surface area (Å²) in [6.07, 6.45) is -0.578. The second kappa shape index (κ2) is 10.4. The summed E-state index contributed by atoms with van der Waals surface area (Å²) in [5, 5.41) is 5.04. The fraction of sp³-hybridized carbons (Fsp3) is 0.417. The molecular formula is C24H28N4O8S2. The van der Waals surface area contributed by atoms with Crippen LogP contribution in [0.3, 0.4) is 0 Å². The topological polar surface area (TPSA) is 151 Å². The van der Waals surface area contributed by atoms with Crippen LogP contribution in [-0.2, 0) is 37.3 Å². The van der Waals surface area contributed by atoms with Gasteiger partial charge in [0.15, 0.2) is 0 Å². The van der Waals surface area contributed by atoms with Crippen molar-refractivity contribution in [3.05, 3.63) is 45.8 Å². The van der Waals surface area contributed by atoms with Crippen molar-refractivity contribution < 1.29 is 37.1 Å². The highest BCUT2D eigenvalue weighted by molar-refractivity contribution is 7.89. The molecule has 4 amide bonds. The van der Waals surface area contributed by atoms with Crippen LogP contribution in [0.25, 0.3) is 0 Å². The van der Waals surface area contributed by atoms with Gasteiger partial charge in [-0.05, 0) is 50.1 Å². The minimum Gasteiger partial charge on any atom is -0.453 e. The summed E-state index contributed by atoms with van der Waals surface area (Å²) < 4.78 is 37.3. The predicted molar refractivity (Wildman–Crippen MR) is 137 cm³/mol. The molecular weight excluding hydrogens is 536 g/mol. The number of hydrogen-bond donors (Lipinski definition) is 2. The molecule has 204 valence electrons. The number of imide groups is 1. The van der Waals surface area contributed by atoms with Crippen molar-refractivity contribution in [2.24, 2.45) is 0 Å². The molecule has 1 saturated heterocycles. The predicted octanol–water partition coefficient (Wildman–Crippen LogP) is 2.16. The number of rotatable bonds is 5. The lowest BCUT2D eigenvalue weighted by molar-refractivity contribution is -0.129. The summed E-state index contributed by atoms with van der Waals surface area (Å²) in [6.45, 7) is 5.86. The summed E-state index contributed by atoms with van der Waals surface area (Å²) in [4.78, 5) is 51.9. The molecule has 0 unspecified atom stereocenters. The highest BCUT2D eigenvalue weighted by Crippen LogP contribution is 2.37. The van der Waals surface area contributed by atoms with Crippen LogP contribution in [0.15, 0.2) is 29.2 Å². The van der Waals surface area contributed by atoms with Crippen LogP contribution >= 0.6 is 11.3 Å². The molecule has 38 heavy (non-hydrogen) atoms. The van der Waals surface area contributed by atoms with E-state index in [2.05, 4.69) is 15.4 Å². The van der Waals surface area contributed by atoms with E-state index in [4.69, 9.17) is 4.74 Å². The van der Waals surface area contributed by atoms with Gasteiger partial charge in [0.05, 0.1) is 36.3 Å². The van der Waals surface area contributed by atoms with Gasteiger partial charge in [-0.2, -0.15) is 4.31 Å². The molecule has 0 atom stereocenters. The quantitative estimate of drug-likeness (QED) is 0.561. The van der Waals surface area contributed by atoms with Gasteiger partial charge < -0.3 is 19.7 Å². The maximum Gasteiger partial charge on any atom is 0.413 e. The fourth-order valence-corrected chi connectivity index (χ4v) is 7.21. The van der Waals surface area contributed by atoms with E-state index in [1.165, 1.54) is 35.5 Å². The first-order chi connectivity index (χ1) is 17.8. The lowest BCUT2D eigenvalue weighted by Crippen LogP contribution is -2.44. The Hall–Kier alpha value is -3.33. The average Bonchev–Trinajstić information content (AvgIpc) is 3.42. The van der Waals surface area contributed by atoms with Crippen molar-refractivity contribution in [2.75, 3.05) is 32.3 Å². The summed E-state index contributed by atoms with van der Waals surface area (Å²) in [5.74, 6) is -1.43. The number of carbonyl (C=O) groups excluding carboxylic acids is 4. The highest BCUT2D eigenvalue weighted by atomic mass is 32.2. The zero-order valence-corrected chi connectivity index (χ0v) is 23.0. The zero-order valence-electron chi connectivity index (χ0n) is 21.3. The summed E-state index contributed by atoms with van der Waals surface area (Å²) in [7, 11) is -2.72. The standard InChI is InChI=1S/C24H28N4O8S2/c1-14(29)27-10-9-17-18(11-27)37-22(19(17)21(31)26-23(32)35-4)25-20(30)15-5-7-16(8-6-15)38(33,34)28-13-36-12-24(28,2)3/h5-8H,9-13H2,1-4H3,(H,25,30)(H,26,31,32). The maximum atomic E-state index is 13.1. The number of anilines is 1. The number of hydrogen-bond acceptors (Lipinski definition) is 9. The van der Waals surface area contributed by atoms with Gasteiger partial charge in [-0.1, -0.05) is 0 Å². The minimum atomic E-state index is -3.84. The monoisotopic (exact) mass is 564 g/mol. The van der Waals surface area contributed by atoms with Gasteiger partial charge >= 0.3 is 6.09 Å². The molecule has 4 rings (SSSR count). The van der Waals surface area contributed by atoms with Gasteiger partial charge in [0.25, 0.3) is 11.8 Å². The molecule has 2 aliphatic rings. The number of alkyl carbamates (subject to hydrolysis) is 1. The molecule has 1 aromatic heterocycles. The number of fused-ring (bicyclic) bond motifs is 1. The largest absolute Gasteiger partial charge is 0.453 e. The average molecular weight is 565 g/mol. The molecule has 0 aliphatic carbocycles. The Labute approximate surface area is 223 Å². The Kier molecular flexibility index (Phi) is 7.61. The van der Waals surface area contributed by atoms with Crippen molar-refractivity contribution in [1.29, 1.82) is 0 Å². The Bertz CT molecular complexity index is 1400. The molecule has 1 aromatic carbocycles. The van der Waals surface area contributed by atoms with Crippen molar-refractivity contribution in [3.8, 4) is 0 Å². The summed E-state index contributed by atoms with van der Waals surface area (Å²) >= 11 is 1.14. The number of amides is 4. The summed E-state index contributed by atoms with van der Waals surface area (Å²) in [5.41, 5.74) is 0.229. The second-order valence-corrected chi connectivity index (χ2v) is 12.4. The zero-order chi connectivity index (χ0) is 27.8. The first-order valence-electron chi connectivity index (χ1n) is 11.7. The second-order valence-electron chi connectivity index (χ2n) is 9.47. The van der Waals surface area contributed by atoms with Crippen molar-refractivity contribution in [1.82, 2.24) is 14.5 Å². The van der Waals surface area contributed by atoms with E-state index in [1.807, 2.05) is 0 Å². The first kappa shape index (κ1) is 27.7. The van der Waals surface area contributed by atoms with Crippen LogP contribution in [0, 0.1) is 0 Å². The summed E-state index contributed by atoms with van der Waals surface area (Å²) in [6, 6.07) is 5.44. The van der Waals surface area contributed by atoms with E-state index in [1.54, 1.807) is 18.7 Å². The third-order valence-corrected chi connectivity index (χ3v) is 9.58. The molecule has 0 saturated carbocycles. The van der Waals surface area contributed by atoms with Crippen LogP contribution in [0.4, 0.5) is 9.80 Å². The number of carbonyl (C=O) groups is 4. The normalized spacial score (nSPS) is 17.0. The molecule has 1 fully saturated rings. The number of methoxy groups -OCH3 is 1. The Morgan fingerprint density at radius 1 is 1.11 bits per heavy atom. The van der Waals surface area contributed by atoms with Gasteiger partial charge in [-0.25, -0.2) is 13.2 Å². The number of nitrogens with zero attached hydrogens (tertiary/aromatic N) is 2. The van der Waals surface area contributed by atoms with Gasteiger partial charge in [-0.3, -0.25) is 19.7 Å². The molecule has 2 aliphatic heterocycles. The minimum absolute atomic E-state index is 0.0154. The van der Waals surface area contributed by atoms with Crippen LogP contribution in [0.1, 0.15) is 51.9 Å².